The summed E-state index contributed by atoms with van der Waals surface area (Å²) < 4.78 is 15.4. The van der Waals surface area contributed by atoms with Gasteiger partial charge in [0.25, 0.3) is 0 Å². The zero-order valence-electron chi connectivity index (χ0n) is 14.1. The predicted octanol–water partition coefficient (Wildman–Crippen LogP) is 3.65. The number of benzene rings is 2. The lowest BCUT2D eigenvalue weighted by molar-refractivity contribution is 0.101. The molecule has 2 rings (SSSR count). The van der Waals surface area contributed by atoms with Gasteiger partial charge in [0.15, 0.2) is 5.78 Å². The second-order valence-electron chi connectivity index (χ2n) is 3.72. The van der Waals surface area contributed by atoms with Gasteiger partial charge in [0, 0.05) is 11.8 Å². The summed E-state index contributed by atoms with van der Waals surface area (Å²) >= 11 is -1.22. The van der Waals surface area contributed by atoms with Crippen LogP contribution < -0.4 is 4.18 Å². The molecule has 0 spiro atoms. The van der Waals surface area contributed by atoms with Crippen LogP contribution in [0.3, 0.4) is 0 Å². The third kappa shape index (κ3) is 13.6. The minimum absolute atomic E-state index is 0.121. The number of Topliss-reactive ketones (excluding diaryl/α,β-unsaturated/α-hetero) is 1. The number of para-hydroxylation sites is 1. The van der Waals surface area contributed by atoms with E-state index < -0.39 is 11.1 Å². The van der Waals surface area contributed by atoms with E-state index in [4.69, 9.17) is 4.18 Å². The van der Waals surface area contributed by atoms with Crippen molar-refractivity contribution in [3.63, 3.8) is 0 Å². The lowest BCUT2D eigenvalue weighted by atomic mass is 10.2. The SMILES string of the molecule is CC(=O)c1ccccc1.CS(=O)Oc1ccccc1.[B]C.[B]C. The van der Waals surface area contributed by atoms with Gasteiger partial charge in [0.1, 0.15) is 5.75 Å². The molecule has 0 saturated carbocycles. The molecule has 0 N–H and O–H groups in total. The molecule has 6 heteroatoms. The Labute approximate surface area is 144 Å². The van der Waals surface area contributed by atoms with E-state index in [1.807, 2.05) is 48.5 Å². The Hall–Kier alpha value is -1.81. The molecule has 0 bridgehead atoms. The van der Waals surface area contributed by atoms with Crippen molar-refractivity contribution in [2.24, 2.45) is 0 Å². The standard InChI is InChI=1S/C8H8O.C7H8O2S.2CH3B/c1-7(9)8-5-3-2-4-6-8;1-10(8)9-7-5-3-2-4-6-7;2*1-2/h2-6H,1H3;2-6H,1H3;2*1H3. The van der Waals surface area contributed by atoms with Gasteiger partial charge in [-0.05, 0) is 19.1 Å². The van der Waals surface area contributed by atoms with E-state index in [2.05, 4.69) is 15.7 Å². The summed E-state index contributed by atoms with van der Waals surface area (Å²) in [5.41, 5.74) is 0.775. The molecular weight excluding hydrogens is 306 g/mol. The van der Waals surface area contributed by atoms with Crippen LogP contribution in [0.5, 0.6) is 5.75 Å². The molecule has 120 valence electrons. The second kappa shape index (κ2) is 16.6. The molecule has 2 aromatic carbocycles. The maximum Gasteiger partial charge on any atom is 0.203 e. The molecule has 0 amide bonds. The largest absolute Gasteiger partial charge is 0.401 e. The van der Waals surface area contributed by atoms with Gasteiger partial charge in [-0.1, -0.05) is 62.2 Å². The first-order valence-electron chi connectivity index (χ1n) is 6.88. The van der Waals surface area contributed by atoms with Gasteiger partial charge in [-0.3, -0.25) is 4.79 Å². The highest BCUT2D eigenvalue weighted by molar-refractivity contribution is 7.79. The summed E-state index contributed by atoms with van der Waals surface area (Å²) in [5.74, 6) is 0.763. The van der Waals surface area contributed by atoms with Crippen molar-refractivity contribution in [2.45, 2.75) is 20.6 Å². The van der Waals surface area contributed by atoms with Gasteiger partial charge >= 0.3 is 0 Å². The fourth-order valence-electron chi connectivity index (χ4n) is 1.28. The minimum Gasteiger partial charge on any atom is -0.401 e. The smallest absolute Gasteiger partial charge is 0.203 e. The number of ketones is 1. The quantitative estimate of drug-likeness (QED) is 0.638. The highest BCUT2D eigenvalue weighted by atomic mass is 32.2. The molecule has 1 unspecified atom stereocenters. The topological polar surface area (TPSA) is 43.4 Å². The zero-order valence-corrected chi connectivity index (χ0v) is 14.9. The summed E-state index contributed by atoms with van der Waals surface area (Å²) in [6.07, 6.45) is 1.49. The van der Waals surface area contributed by atoms with E-state index in [0.29, 0.717) is 5.75 Å². The van der Waals surface area contributed by atoms with Crippen LogP contribution in [0.2, 0.25) is 13.6 Å². The van der Waals surface area contributed by atoms with Gasteiger partial charge in [-0.15, -0.1) is 0 Å². The molecule has 2 aromatic rings. The Balaban J connectivity index is 0. The first-order chi connectivity index (χ1) is 11.1. The van der Waals surface area contributed by atoms with E-state index in [9.17, 15) is 9.00 Å². The van der Waals surface area contributed by atoms with Gasteiger partial charge in [0.2, 0.25) is 11.1 Å². The first-order valence-corrected chi connectivity index (χ1v) is 8.36. The average molecular weight is 328 g/mol. The van der Waals surface area contributed by atoms with Crippen LogP contribution in [0.4, 0.5) is 0 Å². The molecule has 0 aromatic heterocycles. The van der Waals surface area contributed by atoms with E-state index in [-0.39, 0.29) is 5.78 Å². The number of carbonyl (C=O) groups is 1. The monoisotopic (exact) mass is 328 g/mol. The van der Waals surface area contributed by atoms with Crippen LogP contribution in [0.25, 0.3) is 0 Å². The fourth-order valence-corrected chi connectivity index (χ4v) is 1.67. The van der Waals surface area contributed by atoms with Crippen LogP contribution in [0.1, 0.15) is 17.3 Å². The van der Waals surface area contributed by atoms with Crippen LogP contribution in [-0.4, -0.2) is 31.9 Å². The highest BCUT2D eigenvalue weighted by Gasteiger charge is 1.93. The van der Waals surface area contributed by atoms with Crippen molar-refractivity contribution in [3.05, 3.63) is 66.2 Å². The predicted molar refractivity (Wildman–Crippen MR) is 101 cm³/mol. The summed E-state index contributed by atoms with van der Waals surface area (Å²) in [5, 5.41) is 0. The Morgan fingerprint density at radius 3 is 1.57 bits per heavy atom. The van der Waals surface area contributed by atoms with Crippen molar-refractivity contribution >= 4 is 32.6 Å². The summed E-state index contributed by atoms with van der Waals surface area (Å²) in [6.45, 7) is 4.56. The molecule has 0 saturated heterocycles. The van der Waals surface area contributed by atoms with E-state index in [1.54, 1.807) is 19.1 Å². The van der Waals surface area contributed by atoms with Crippen molar-refractivity contribution in [1.82, 2.24) is 0 Å². The molecule has 0 aliphatic carbocycles. The van der Waals surface area contributed by atoms with Crippen molar-refractivity contribution in [2.75, 3.05) is 6.26 Å². The third-order valence-corrected chi connectivity index (χ3v) is 2.56. The maximum absolute atomic E-state index is 10.6. The molecule has 4 radical (unpaired) electrons. The Morgan fingerprint density at radius 2 is 1.26 bits per heavy atom. The molecule has 0 aliphatic heterocycles. The molecule has 0 aliphatic rings. The van der Waals surface area contributed by atoms with E-state index in [1.165, 1.54) is 19.9 Å². The van der Waals surface area contributed by atoms with Crippen LogP contribution in [0, 0.1) is 0 Å². The fraction of sp³-hybridized carbons (Fsp3) is 0.235. The Kier molecular flexibility index (Phi) is 16.9. The average Bonchev–Trinajstić information content (AvgIpc) is 2.60. The van der Waals surface area contributed by atoms with Gasteiger partial charge in [0.05, 0.1) is 15.7 Å². The first kappa shape index (κ1) is 23.5. The van der Waals surface area contributed by atoms with Gasteiger partial charge in [-0.25, -0.2) is 4.21 Å². The van der Waals surface area contributed by atoms with E-state index >= 15 is 0 Å². The lowest BCUT2D eigenvalue weighted by Gasteiger charge is -1.97. The van der Waals surface area contributed by atoms with Crippen molar-refractivity contribution in [3.8, 4) is 5.75 Å². The number of hydrogen-bond donors (Lipinski definition) is 0. The summed E-state index contributed by atoms with van der Waals surface area (Å²) in [6, 6.07) is 18.3. The molecule has 1 atom stereocenters. The van der Waals surface area contributed by atoms with Crippen molar-refractivity contribution < 1.29 is 13.2 Å². The molecule has 3 nitrogen and oxygen atoms in total. The Bertz CT molecular complexity index is 534. The summed E-state index contributed by atoms with van der Waals surface area (Å²) in [4.78, 5) is 10.6. The number of hydrogen-bond acceptors (Lipinski definition) is 3. The second-order valence-corrected chi connectivity index (χ2v) is 4.69. The van der Waals surface area contributed by atoms with Gasteiger partial charge in [-0.2, -0.15) is 0 Å². The molecule has 23 heavy (non-hydrogen) atoms. The van der Waals surface area contributed by atoms with Crippen LogP contribution >= 0.6 is 0 Å². The Morgan fingerprint density at radius 1 is 0.870 bits per heavy atom. The molecular formula is C17H22B2O3S. The number of carbonyl (C=O) groups excluding carboxylic acids is 1. The third-order valence-electron chi connectivity index (χ3n) is 2.14. The minimum atomic E-state index is -1.22. The van der Waals surface area contributed by atoms with Crippen LogP contribution in [-0.2, 0) is 11.1 Å². The molecule has 0 heterocycles. The maximum atomic E-state index is 10.6. The lowest BCUT2D eigenvalue weighted by Crippen LogP contribution is -1.95. The zero-order chi connectivity index (χ0) is 18.1. The van der Waals surface area contributed by atoms with Crippen molar-refractivity contribution in [1.29, 1.82) is 0 Å². The van der Waals surface area contributed by atoms with Gasteiger partial charge < -0.3 is 4.18 Å². The summed E-state index contributed by atoms with van der Waals surface area (Å²) in [7, 11) is 9.00. The molecule has 0 fully saturated rings. The normalized spacial score (nSPS) is 9.39. The van der Waals surface area contributed by atoms with E-state index in [0.717, 1.165) is 5.56 Å². The highest BCUT2D eigenvalue weighted by Crippen LogP contribution is 2.08. The van der Waals surface area contributed by atoms with Crippen LogP contribution in [0.15, 0.2) is 60.7 Å². The number of rotatable bonds is 3.